The third kappa shape index (κ3) is 3.92. The molecule has 2 aromatic heterocycles. The van der Waals surface area contributed by atoms with E-state index < -0.39 is 29.5 Å². The molecule has 9 nitrogen and oxygen atoms in total. The summed E-state index contributed by atoms with van der Waals surface area (Å²) in [5, 5.41) is 3.14. The van der Waals surface area contributed by atoms with E-state index in [1.165, 1.54) is 10.6 Å². The van der Waals surface area contributed by atoms with Crippen molar-refractivity contribution in [3.63, 3.8) is 0 Å². The highest BCUT2D eigenvalue weighted by atomic mass is 19.1. The number of furan rings is 1. The number of hydrogen-bond donors (Lipinski definition) is 1. The summed E-state index contributed by atoms with van der Waals surface area (Å²) in [5.41, 5.74) is 0.598. The van der Waals surface area contributed by atoms with Crippen LogP contribution in [0, 0.1) is 12.7 Å². The van der Waals surface area contributed by atoms with E-state index in [1.807, 2.05) is 0 Å². The predicted octanol–water partition coefficient (Wildman–Crippen LogP) is 3.77. The molecule has 1 N–H and O–H groups in total. The number of rotatable bonds is 5. The molecule has 0 unspecified atom stereocenters. The SMILES string of the molecule is Cc1ccc(NC(=O)Cn2c(=O)n(Cc3ccc4c(c3)OCO4)c(=O)c3oc4ccccc4c32)cc1F. The third-order valence-corrected chi connectivity index (χ3v) is 6.28. The number of nitrogens with one attached hydrogen (secondary N) is 1. The van der Waals surface area contributed by atoms with Gasteiger partial charge in [-0.15, -0.1) is 0 Å². The monoisotopic (exact) mass is 501 g/mol. The van der Waals surface area contributed by atoms with Crippen LogP contribution in [0.25, 0.3) is 22.1 Å². The fraction of sp³-hybridized carbons (Fsp3) is 0.148. The number of carbonyl (C=O) groups excluding carboxylic acids is 1. The first-order valence-electron chi connectivity index (χ1n) is 11.5. The van der Waals surface area contributed by atoms with Gasteiger partial charge in [0.05, 0.1) is 6.54 Å². The number of ether oxygens (including phenoxy) is 2. The van der Waals surface area contributed by atoms with Gasteiger partial charge in [-0.3, -0.25) is 18.7 Å². The number of nitrogens with zero attached hydrogens (tertiary/aromatic N) is 2. The van der Waals surface area contributed by atoms with Crippen LogP contribution < -0.4 is 26.0 Å². The Morgan fingerprint density at radius 2 is 1.81 bits per heavy atom. The van der Waals surface area contributed by atoms with Crippen molar-refractivity contribution in [3.05, 3.63) is 98.4 Å². The van der Waals surface area contributed by atoms with Gasteiger partial charge in [0, 0.05) is 11.1 Å². The number of aromatic nitrogens is 2. The van der Waals surface area contributed by atoms with Crippen molar-refractivity contribution in [2.24, 2.45) is 0 Å². The average molecular weight is 501 g/mol. The minimum Gasteiger partial charge on any atom is -0.454 e. The Kier molecular flexibility index (Phi) is 5.29. The van der Waals surface area contributed by atoms with Gasteiger partial charge in [-0.2, -0.15) is 0 Å². The summed E-state index contributed by atoms with van der Waals surface area (Å²) < 4.78 is 32.8. The minimum atomic E-state index is -0.688. The Labute approximate surface area is 208 Å². The lowest BCUT2D eigenvalue weighted by atomic mass is 10.2. The van der Waals surface area contributed by atoms with Crippen molar-refractivity contribution >= 4 is 33.7 Å². The predicted molar refractivity (Wildman–Crippen MR) is 134 cm³/mol. The number of anilines is 1. The van der Waals surface area contributed by atoms with Crippen LogP contribution >= 0.6 is 0 Å². The molecule has 3 heterocycles. The largest absolute Gasteiger partial charge is 0.454 e. The maximum absolute atomic E-state index is 14.0. The number of para-hydroxylation sites is 1. The highest BCUT2D eigenvalue weighted by Gasteiger charge is 2.22. The highest BCUT2D eigenvalue weighted by Crippen LogP contribution is 2.32. The molecule has 0 bridgehead atoms. The lowest BCUT2D eigenvalue weighted by Crippen LogP contribution is -2.41. The van der Waals surface area contributed by atoms with Crippen LogP contribution in [0.4, 0.5) is 10.1 Å². The van der Waals surface area contributed by atoms with E-state index in [0.717, 1.165) is 4.57 Å². The molecular weight excluding hydrogens is 481 g/mol. The van der Waals surface area contributed by atoms with Crippen molar-refractivity contribution in [2.75, 3.05) is 12.1 Å². The Bertz CT molecular complexity index is 1830. The molecule has 1 amide bonds. The smallest absolute Gasteiger partial charge is 0.332 e. The number of hydrogen-bond acceptors (Lipinski definition) is 6. The zero-order chi connectivity index (χ0) is 25.7. The van der Waals surface area contributed by atoms with Gasteiger partial charge in [-0.1, -0.05) is 24.3 Å². The van der Waals surface area contributed by atoms with Crippen molar-refractivity contribution in [2.45, 2.75) is 20.0 Å². The van der Waals surface area contributed by atoms with Gasteiger partial charge in [0.25, 0.3) is 5.56 Å². The number of halogens is 1. The maximum atomic E-state index is 14.0. The minimum absolute atomic E-state index is 0.0456. The van der Waals surface area contributed by atoms with Crippen LogP contribution in [-0.4, -0.2) is 21.8 Å². The summed E-state index contributed by atoms with van der Waals surface area (Å²) >= 11 is 0. The summed E-state index contributed by atoms with van der Waals surface area (Å²) in [5.74, 6) is 0.0616. The Hall–Kier alpha value is -4.86. The molecule has 1 aliphatic heterocycles. The first-order chi connectivity index (χ1) is 17.9. The number of amides is 1. The maximum Gasteiger partial charge on any atom is 0.332 e. The van der Waals surface area contributed by atoms with E-state index >= 15 is 0 Å². The Morgan fingerprint density at radius 1 is 1.00 bits per heavy atom. The first kappa shape index (κ1) is 22.6. The van der Waals surface area contributed by atoms with Gasteiger partial charge in [0.1, 0.15) is 23.5 Å². The van der Waals surface area contributed by atoms with Crippen molar-refractivity contribution < 1.29 is 23.1 Å². The first-order valence-corrected chi connectivity index (χ1v) is 11.5. The van der Waals surface area contributed by atoms with Crippen LogP contribution in [0.15, 0.2) is 74.7 Å². The van der Waals surface area contributed by atoms with Crippen molar-refractivity contribution in [1.29, 1.82) is 0 Å². The molecule has 6 rings (SSSR count). The van der Waals surface area contributed by atoms with E-state index in [9.17, 15) is 18.8 Å². The summed E-state index contributed by atoms with van der Waals surface area (Å²) in [6, 6.07) is 16.3. The van der Waals surface area contributed by atoms with Crippen LogP contribution in [0.5, 0.6) is 11.5 Å². The zero-order valence-corrected chi connectivity index (χ0v) is 19.6. The second kappa shape index (κ2) is 8.66. The molecule has 0 radical (unpaired) electrons. The molecule has 0 spiro atoms. The average Bonchev–Trinajstić information content (AvgIpc) is 3.51. The highest BCUT2D eigenvalue weighted by molar-refractivity contribution is 6.03. The molecule has 0 atom stereocenters. The van der Waals surface area contributed by atoms with E-state index in [2.05, 4.69) is 5.32 Å². The molecule has 0 saturated carbocycles. The number of fused-ring (bicyclic) bond motifs is 4. The quantitative estimate of drug-likeness (QED) is 0.393. The molecule has 5 aromatic rings. The normalized spacial score (nSPS) is 12.4. The van der Waals surface area contributed by atoms with Gasteiger partial charge in [-0.25, -0.2) is 9.18 Å². The Morgan fingerprint density at radius 3 is 2.65 bits per heavy atom. The summed E-state index contributed by atoms with van der Waals surface area (Å²) in [7, 11) is 0. The summed E-state index contributed by atoms with van der Waals surface area (Å²) in [4.78, 5) is 40.0. The van der Waals surface area contributed by atoms with Crippen LogP contribution in [0.1, 0.15) is 11.1 Å². The topological polar surface area (TPSA) is 105 Å². The molecular formula is C27H20FN3O6. The van der Waals surface area contributed by atoms with Crippen molar-refractivity contribution in [1.82, 2.24) is 9.13 Å². The molecule has 10 heteroatoms. The van der Waals surface area contributed by atoms with Gasteiger partial charge in [0.2, 0.25) is 18.3 Å². The molecule has 37 heavy (non-hydrogen) atoms. The van der Waals surface area contributed by atoms with Crippen LogP contribution in [-0.2, 0) is 17.9 Å². The fourth-order valence-electron chi connectivity index (χ4n) is 4.42. The summed E-state index contributed by atoms with van der Waals surface area (Å²) in [6.45, 7) is 1.21. The number of carbonyl (C=O) groups is 1. The van der Waals surface area contributed by atoms with Crippen LogP contribution in [0.3, 0.4) is 0 Å². The summed E-state index contributed by atoms with van der Waals surface area (Å²) in [6.07, 6.45) is 0. The second-order valence-electron chi connectivity index (χ2n) is 8.74. The van der Waals surface area contributed by atoms with Gasteiger partial charge < -0.3 is 19.2 Å². The fourth-order valence-corrected chi connectivity index (χ4v) is 4.42. The molecule has 0 fully saturated rings. The standard InChI is InChI=1S/C27H20FN3O6/c1-15-6-8-17(11-19(15)28)29-23(32)13-30-24-18-4-2-3-5-20(18)37-25(24)26(33)31(27(30)34)12-16-7-9-21-22(10-16)36-14-35-21/h2-11H,12-14H2,1H3,(H,29,32). The lowest BCUT2D eigenvalue weighted by molar-refractivity contribution is -0.116. The van der Waals surface area contributed by atoms with Gasteiger partial charge >= 0.3 is 5.69 Å². The van der Waals surface area contributed by atoms with Crippen molar-refractivity contribution in [3.8, 4) is 11.5 Å². The van der Waals surface area contributed by atoms with E-state index in [1.54, 1.807) is 61.5 Å². The molecule has 186 valence electrons. The third-order valence-electron chi connectivity index (χ3n) is 6.28. The lowest BCUT2D eigenvalue weighted by Gasteiger charge is -2.13. The molecule has 0 saturated heterocycles. The van der Waals surface area contributed by atoms with E-state index in [-0.39, 0.29) is 30.1 Å². The molecule has 1 aliphatic rings. The zero-order valence-electron chi connectivity index (χ0n) is 19.6. The number of aryl methyl sites for hydroxylation is 1. The molecule has 3 aromatic carbocycles. The second-order valence-corrected chi connectivity index (χ2v) is 8.74. The molecule has 0 aliphatic carbocycles. The Balaban J connectivity index is 1.46. The van der Waals surface area contributed by atoms with Gasteiger partial charge in [-0.05, 0) is 54.4 Å². The van der Waals surface area contributed by atoms with E-state index in [4.69, 9.17) is 13.9 Å². The van der Waals surface area contributed by atoms with E-state index in [0.29, 0.717) is 33.6 Å². The van der Waals surface area contributed by atoms with Gasteiger partial charge in [0.15, 0.2) is 11.5 Å². The van der Waals surface area contributed by atoms with Crippen LogP contribution in [0.2, 0.25) is 0 Å². The number of benzene rings is 3.